The molecule has 5 nitrogen and oxygen atoms in total. The van der Waals surface area contributed by atoms with Gasteiger partial charge in [-0.25, -0.2) is 14.2 Å². The molecular weight excluding hydrogens is 533 g/mol. The van der Waals surface area contributed by atoms with Crippen molar-refractivity contribution >= 4 is 22.0 Å². The van der Waals surface area contributed by atoms with Crippen LogP contribution in [0.3, 0.4) is 0 Å². The first-order chi connectivity index (χ1) is 17.5. The number of carbonyl (C=O) groups is 1. The molecule has 1 aliphatic heterocycles. The van der Waals surface area contributed by atoms with Gasteiger partial charge in [-0.15, -0.1) is 6.58 Å². The van der Waals surface area contributed by atoms with Crippen molar-refractivity contribution in [3.63, 3.8) is 0 Å². The van der Waals surface area contributed by atoms with E-state index in [0.29, 0.717) is 17.7 Å². The fraction of sp³-hybridized carbons (Fsp3) is 0.400. The van der Waals surface area contributed by atoms with Gasteiger partial charge in [-0.2, -0.15) is 0 Å². The van der Waals surface area contributed by atoms with Gasteiger partial charge in [-0.1, -0.05) is 40.2 Å². The molecule has 2 unspecified atom stereocenters. The van der Waals surface area contributed by atoms with Gasteiger partial charge in [-0.05, 0) is 80.3 Å². The average Bonchev–Trinajstić information content (AvgIpc) is 3.15. The molecular formula is C30H31BrFN3O2. The second-order valence-corrected chi connectivity index (χ2v) is 12.7. The second-order valence-electron chi connectivity index (χ2n) is 11.8. The number of hydrogen-bond donors (Lipinski definition) is 1. The second kappa shape index (κ2) is 8.29. The number of halogens is 2. The van der Waals surface area contributed by atoms with E-state index in [-0.39, 0.29) is 24.0 Å². The van der Waals surface area contributed by atoms with Crippen molar-refractivity contribution in [1.82, 2.24) is 14.9 Å². The highest BCUT2D eigenvalue weighted by Crippen LogP contribution is 2.58. The van der Waals surface area contributed by atoms with Crippen molar-refractivity contribution in [2.45, 2.75) is 63.8 Å². The Morgan fingerprint density at radius 2 is 1.95 bits per heavy atom. The first-order valence-corrected chi connectivity index (χ1v) is 13.6. The number of amides is 1. The van der Waals surface area contributed by atoms with E-state index in [1.807, 2.05) is 62.1 Å². The Bertz CT molecular complexity index is 1420. The summed E-state index contributed by atoms with van der Waals surface area (Å²) < 4.78 is 23.2. The molecule has 1 amide bonds. The molecule has 1 saturated carbocycles. The number of fused-ring (bicyclic) bond motifs is 3. The number of hydrogen-bond acceptors (Lipinski definition) is 3. The fourth-order valence-corrected chi connectivity index (χ4v) is 6.28. The zero-order valence-corrected chi connectivity index (χ0v) is 23.0. The normalized spacial score (nSPS) is 23.2. The molecule has 1 N–H and O–H groups in total. The van der Waals surface area contributed by atoms with Crippen LogP contribution in [0.25, 0.3) is 22.4 Å². The number of aromatic amines is 1. The monoisotopic (exact) mass is 563 g/mol. The van der Waals surface area contributed by atoms with Gasteiger partial charge in [0.25, 0.3) is 0 Å². The van der Waals surface area contributed by atoms with Gasteiger partial charge in [0.15, 0.2) is 5.67 Å². The van der Waals surface area contributed by atoms with E-state index in [4.69, 9.17) is 9.72 Å². The number of H-pyrrole nitrogens is 1. The molecule has 3 aliphatic rings. The molecule has 0 radical (unpaired) electrons. The lowest BCUT2D eigenvalue weighted by Crippen LogP contribution is -2.37. The number of nitrogens with zero attached hydrogens (tertiary/aromatic N) is 2. The predicted molar refractivity (Wildman–Crippen MR) is 146 cm³/mol. The summed E-state index contributed by atoms with van der Waals surface area (Å²) in [6, 6.07) is 11.5. The van der Waals surface area contributed by atoms with Crippen LogP contribution in [0.1, 0.15) is 69.4 Å². The first-order valence-electron chi connectivity index (χ1n) is 12.8. The molecule has 2 atom stereocenters. The van der Waals surface area contributed by atoms with E-state index in [1.54, 1.807) is 12.3 Å². The van der Waals surface area contributed by atoms with Crippen LogP contribution >= 0.6 is 15.9 Å². The SMILES string of the molecule is C=CCC1(F)c2cc(Br)ccc2-c2ccc(-c3cnc(C4CC5(CC5)CN4C(=O)OC(C)(C)C)[nH]3)cc21. The predicted octanol–water partition coefficient (Wildman–Crippen LogP) is 8.07. The maximum Gasteiger partial charge on any atom is 0.410 e. The summed E-state index contributed by atoms with van der Waals surface area (Å²) in [5, 5.41) is 0. The Morgan fingerprint density at radius 3 is 2.62 bits per heavy atom. The van der Waals surface area contributed by atoms with E-state index < -0.39 is 11.3 Å². The minimum Gasteiger partial charge on any atom is -0.444 e. The van der Waals surface area contributed by atoms with Crippen molar-refractivity contribution in [3.05, 3.63) is 76.7 Å². The zero-order chi connectivity index (χ0) is 26.2. The van der Waals surface area contributed by atoms with Crippen LogP contribution in [0.4, 0.5) is 9.18 Å². The molecule has 2 heterocycles. The summed E-state index contributed by atoms with van der Waals surface area (Å²) in [5.74, 6) is 0.745. The van der Waals surface area contributed by atoms with Crippen molar-refractivity contribution in [2.24, 2.45) is 5.41 Å². The topological polar surface area (TPSA) is 58.2 Å². The van der Waals surface area contributed by atoms with E-state index >= 15 is 4.39 Å². The lowest BCUT2D eigenvalue weighted by molar-refractivity contribution is 0.0212. The number of nitrogens with one attached hydrogen (secondary N) is 1. The van der Waals surface area contributed by atoms with Gasteiger partial charge in [0.2, 0.25) is 0 Å². The van der Waals surface area contributed by atoms with Crippen LogP contribution < -0.4 is 0 Å². The number of likely N-dealkylation sites (tertiary alicyclic amines) is 1. The molecule has 1 saturated heterocycles. The van der Waals surface area contributed by atoms with Crippen LogP contribution in [0.2, 0.25) is 0 Å². The molecule has 192 valence electrons. The lowest BCUT2D eigenvalue weighted by Gasteiger charge is -2.27. The van der Waals surface area contributed by atoms with Crippen molar-refractivity contribution in [1.29, 1.82) is 0 Å². The van der Waals surface area contributed by atoms with Gasteiger partial charge in [0.05, 0.1) is 17.9 Å². The smallest absolute Gasteiger partial charge is 0.410 e. The summed E-state index contributed by atoms with van der Waals surface area (Å²) >= 11 is 3.50. The van der Waals surface area contributed by atoms with E-state index in [0.717, 1.165) is 51.9 Å². The van der Waals surface area contributed by atoms with Crippen molar-refractivity contribution in [3.8, 4) is 22.4 Å². The third-order valence-corrected chi connectivity index (χ3v) is 8.38. The highest BCUT2D eigenvalue weighted by molar-refractivity contribution is 9.10. The van der Waals surface area contributed by atoms with Crippen LogP contribution in [0, 0.1) is 5.41 Å². The van der Waals surface area contributed by atoms with Crippen LogP contribution in [0.5, 0.6) is 0 Å². The van der Waals surface area contributed by atoms with Gasteiger partial charge in [-0.3, -0.25) is 4.90 Å². The third kappa shape index (κ3) is 4.12. The summed E-state index contributed by atoms with van der Waals surface area (Å²) in [6.07, 6.45) is 6.44. The number of rotatable bonds is 4. The van der Waals surface area contributed by atoms with Gasteiger partial charge < -0.3 is 9.72 Å². The molecule has 7 heteroatoms. The molecule has 2 fully saturated rings. The fourth-order valence-electron chi connectivity index (χ4n) is 5.92. The molecule has 1 spiro atoms. The molecule has 37 heavy (non-hydrogen) atoms. The van der Waals surface area contributed by atoms with E-state index in [1.165, 1.54) is 0 Å². The largest absolute Gasteiger partial charge is 0.444 e. The van der Waals surface area contributed by atoms with E-state index in [9.17, 15) is 4.79 Å². The van der Waals surface area contributed by atoms with E-state index in [2.05, 4.69) is 27.5 Å². The highest BCUT2D eigenvalue weighted by Gasteiger charge is 2.55. The van der Waals surface area contributed by atoms with Gasteiger partial charge in [0, 0.05) is 28.6 Å². The Labute approximate surface area is 225 Å². The summed E-state index contributed by atoms with van der Waals surface area (Å²) in [6.45, 7) is 10.2. The Balaban J connectivity index is 1.34. The average molecular weight is 564 g/mol. The van der Waals surface area contributed by atoms with Crippen LogP contribution in [0.15, 0.2) is 59.7 Å². The Kier molecular flexibility index (Phi) is 5.47. The Hall–Kier alpha value is -2.93. The van der Waals surface area contributed by atoms with Gasteiger partial charge in [0.1, 0.15) is 11.4 Å². The molecule has 1 aromatic heterocycles. The van der Waals surface area contributed by atoms with Crippen molar-refractivity contribution < 1.29 is 13.9 Å². The third-order valence-electron chi connectivity index (χ3n) is 7.89. The Morgan fingerprint density at radius 1 is 1.24 bits per heavy atom. The summed E-state index contributed by atoms with van der Waals surface area (Å²) in [5.41, 5.74) is 2.75. The highest BCUT2D eigenvalue weighted by atomic mass is 79.9. The maximum absolute atomic E-state index is 16.6. The van der Waals surface area contributed by atoms with Gasteiger partial charge >= 0.3 is 6.09 Å². The molecule has 0 bridgehead atoms. The quantitative estimate of drug-likeness (QED) is 0.326. The summed E-state index contributed by atoms with van der Waals surface area (Å²) in [7, 11) is 0. The number of ether oxygens (including phenoxy) is 1. The number of aromatic nitrogens is 2. The number of carbonyl (C=O) groups excluding carboxylic acids is 1. The molecule has 6 rings (SSSR count). The number of benzene rings is 2. The van der Waals surface area contributed by atoms with Crippen LogP contribution in [-0.4, -0.2) is 33.1 Å². The number of imidazole rings is 1. The zero-order valence-electron chi connectivity index (χ0n) is 21.4. The van der Waals surface area contributed by atoms with Crippen molar-refractivity contribution in [2.75, 3.05) is 6.54 Å². The number of allylic oxidation sites excluding steroid dienone is 1. The maximum atomic E-state index is 16.6. The number of alkyl halides is 1. The molecule has 3 aromatic rings. The minimum atomic E-state index is -1.65. The lowest BCUT2D eigenvalue weighted by atomic mass is 9.89. The first kappa shape index (κ1) is 24.4. The standard InChI is InChI=1S/C30H31BrFN3O2/c1-5-10-30(32)22-13-18(6-8-20(22)21-9-7-19(31)14-23(21)30)24-16-33-26(34-24)25-15-29(11-12-29)17-35(25)27(36)37-28(2,3)4/h5-9,13-14,16,25H,1,10-12,15,17H2,2-4H3,(H,33,34). The molecule has 2 aliphatic carbocycles. The van der Waals surface area contributed by atoms with Crippen LogP contribution in [-0.2, 0) is 10.4 Å². The minimum absolute atomic E-state index is 0.164. The molecule has 2 aromatic carbocycles. The summed E-state index contributed by atoms with van der Waals surface area (Å²) in [4.78, 5) is 23.0.